The summed E-state index contributed by atoms with van der Waals surface area (Å²) in [5.41, 5.74) is 5.43. The molecule has 0 atom stereocenters. The van der Waals surface area contributed by atoms with Crippen LogP contribution in [-0.2, 0) is 11.3 Å². The first-order valence-corrected chi connectivity index (χ1v) is 7.30. The van der Waals surface area contributed by atoms with Crippen molar-refractivity contribution in [1.29, 1.82) is 0 Å². The highest BCUT2D eigenvalue weighted by molar-refractivity contribution is 7.11. The van der Waals surface area contributed by atoms with Crippen LogP contribution in [0.5, 0.6) is 0 Å². The van der Waals surface area contributed by atoms with Crippen molar-refractivity contribution in [2.45, 2.75) is 45.6 Å². The molecule has 0 aliphatic carbocycles. The van der Waals surface area contributed by atoms with Gasteiger partial charge in [-0.05, 0) is 26.3 Å². The van der Waals surface area contributed by atoms with Gasteiger partial charge in [0.2, 0.25) is 5.91 Å². The first-order chi connectivity index (χ1) is 8.63. The van der Waals surface area contributed by atoms with Crippen LogP contribution >= 0.6 is 36.2 Å². The predicted molar refractivity (Wildman–Crippen MR) is 90.0 cm³/mol. The molecule has 20 heavy (non-hydrogen) atoms. The number of hydrogen-bond donors (Lipinski definition) is 1. The minimum absolute atomic E-state index is 0. The lowest BCUT2D eigenvalue weighted by molar-refractivity contribution is -0.130. The number of nitrogens with zero attached hydrogens (tertiary/aromatic N) is 2. The van der Waals surface area contributed by atoms with E-state index in [1.807, 2.05) is 20.2 Å². The molecule has 2 N–H and O–H groups in total. The van der Waals surface area contributed by atoms with E-state index in [-0.39, 0.29) is 30.7 Å². The average Bonchev–Trinajstić information content (AvgIpc) is 2.74. The van der Waals surface area contributed by atoms with Gasteiger partial charge in [0.05, 0.1) is 11.6 Å². The van der Waals surface area contributed by atoms with Crippen molar-refractivity contribution in [3.63, 3.8) is 0 Å². The summed E-state index contributed by atoms with van der Waals surface area (Å²) < 4.78 is 0. The van der Waals surface area contributed by atoms with E-state index >= 15 is 0 Å². The highest BCUT2D eigenvalue weighted by atomic mass is 35.5. The van der Waals surface area contributed by atoms with Gasteiger partial charge >= 0.3 is 0 Å². The van der Waals surface area contributed by atoms with E-state index in [9.17, 15) is 4.79 Å². The summed E-state index contributed by atoms with van der Waals surface area (Å²) in [7, 11) is 1.86. The summed E-state index contributed by atoms with van der Waals surface area (Å²) in [5, 5.41) is 1.05. The average molecular weight is 342 g/mol. The fourth-order valence-corrected chi connectivity index (χ4v) is 2.61. The summed E-state index contributed by atoms with van der Waals surface area (Å²) in [6, 6.07) is 0. The minimum Gasteiger partial charge on any atom is -0.341 e. The topological polar surface area (TPSA) is 59.2 Å². The molecule has 1 aromatic heterocycles. The third-order valence-corrected chi connectivity index (χ3v) is 3.73. The highest BCUT2D eigenvalue weighted by Gasteiger charge is 2.10. The number of thiazole rings is 1. The van der Waals surface area contributed by atoms with Crippen LogP contribution in [-0.4, -0.2) is 29.4 Å². The second-order valence-electron chi connectivity index (χ2n) is 4.55. The van der Waals surface area contributed by atoms with Gasteiger partial charge in [0.25, 0.3) is 0 Å². The Labute approximate surface area is 138 Å². The molecule has 0 fully saturated rings. The van der Waals surface area contributed by atoms with Crippen LogP contribution in [0.3, 0.4) is 0 Å². The predicted octanol–water partition coefficient (Wildman–Crippen LogP) is 3.16. The maximum absolute atomic E-state index is 11.9. The molecule has 0 saturated carbocycles. The van der Waals surface area contributed by atoms with Gasteiger partial charge in [-0.3, -0.25) is 4.79 Å². The zero-order valence-corrected chi connectivity index (χ0v) is 14.6. The zero-order chi connectivity index (χ0) is 13.4. The van der Waals surface area contributed by atoms with Gasteiger partial charge in [-0.25, -0.2) is 4.98 Å². The van der Waals surface area contributed by atoms with Crippen LogP contribution in [0.25, 0.3) is 0 Å². The van der Waals surface area contributed by atoms with Crippen molar-refractivity contribution in [3.05, 3.63) is 16.1 Å². The van der Waals surface area contributed by atoms with Gasteiger partial charge in [0, 0.05) is 24.5 Å². The molecule has 7 heteroatoms. The van der Waals surface area contributed by atoms with Gasteiger partial charge in [0.15, 0.2) is 0 Å². The van der Waals surface area contributed by atoms with E-state index in [1.54, 1.807) is 16.2 Å². The van der Waals surface area contributed by atoms with E-state index in [0.717, 1.165) is 42.1 Å². The van der Waals surface area contributed by atoms with Crippen LogP contribution < -0.4 is 5.73 Å². The van der Waals surface area contributed by atoms with Crippen LogP contribution in [0, 0.1) is 6.92 Å². The normalized spacial score (nSPS) is 9.55. The number of aromatic nitrogens is 1. The molecule has 0 aromatic carbocycles. The summed E-state index contributed by atoms with van der Waals surface area (Å²) in [6.07, 6.45) is 6.73. The molecule has 1 amide bonds. The molecular weight excluding hydrogens is 317 g/mol. The molecule has 4 nitrogen and oxygen atoms in total. The largest absolute Gasteiger partial charge is 0.341 e. The van der Waals surface area contributed by atoms with E-state index in [1.165, 1.54) is 0 Å². The summed E-state index contributed by atoms with van der Waals surface area (Å²) in [4.78, 5) is 19.0. The molecule has 1 heterocycles. The standard InChI is InChI=1S/C13H23N3OS.2ClH/c1-11-15-9-12(18-11)10-16(2)13(17)7-5-3-4-6-8-14;;/h9H,3-8,10,14H2,1-2H3;2*1H. The summed E-state index contributed by atoms with van der Waals surface area (Å²) in [6.45, 7) is 3.40. The Kier molecular flexibility index (Phi) is 13.6. The van der Waals surface area contributed by atoms with E-state index in [2.05, 4.69) is 4.98 Å². The third kappa shape index (κ3) is 8.74. The van der Waals surface area contributed by atoms with Crippen molar-refractivity contribution in [3.8, 4) is 0 Å². The second kappa shape index (κ2) is 12.4. The highest BCUT2D eigenvalue weighted by Crippen LogP contribution is 2.14. The quantitative estimate of drug-likeness (QED) is 0.738. The van der Waals surface area contributed by atoms with Crippen LogP contribution in [0.1, 0.15) is 42.0 Å². The Morgan fingerprint density at radius 3 is 2.50 bits per heavy atom. The molecule has 0 unspecified atom stereocenters. The Balaban J connectivity index is 0. The van der Waals surface area contributed by atoms with Gasteiger partial charge in [-0.2, -0.15) is 0 Å². The number of carbonyl (C=O) groups is 1. The summed E-state index contributed by atoms with van der Waals surface area (Å²) >= 11 is 1.65. The zero-order valence-electron chi connectivity index (χ0n) is 12.1. The first-order valence-electron chi connectivity index (χ1n) is 6.49. The number of amides is 1. The van der Waals surface area contributed by atoms with Crippen molar-refractivity contribution in [1.82, 2.24) is 9.88 Å². The van der Waals surface area contributed by atoms with Crippen molar-refractivity contribution < 1.29 is 4.79 Å². The Hall–Kier alpha value is -0.360. The third-order valence-electron chi connectivity index (χ3n) is 2.83. The molecule has 0 saturated heterocycles. The lowest BCUT2D eigenvalue weighted by Crippen LogP contribution is -2.25. The number of aryl methyl sites for hydroxylation is 1. The Morgan fingerprint density at radius 1 is 1.30 bits per heavy atom. The van der Waals surface area contributed by atoms with E-state index in [0.29, 0.717) is 13.0 Å². The van der Waals surface area contributed by atoms with Gasteiger partial charge in [-0.1, -0.05) is 12.8 Å². The lowest BCUT2D eigenvalue weighted by atomic mass is 10.1. The van der Waals surface area contributed by atoms with Crippen LogP contribution in [0.4, 0.5) is 0 Å². The number of nitrogens with two attached hydrogens (primary N) is 1. The molecule has 0 aliphatic heterocycles. The van der Waals surface area contributed by atoms with E-state index < -0.39 is 0 Å². The van der Waals surface area contributed by atoms with Crippen molar-refractivity contribution in [2.75, 3.05) is 13.6 Å². The monoisotopic (exact) mass is 341 g/mol. The van der Waals surface area contributed by atoms with Gasteiger partial charge in [-0.15, -0.1) is 36.2 Å². The van der Waals surface area contributed by atoms with Crippen LogP contribution in [0.15, 0.2) is 6.20 Å². The maximum Gasteiger partial charge on any atom is 0.222 e. The fourth-order valence-electron chi connectivity index (χ4n) is 1.77. The van der Waals surface area contributed by atoms with Gasteiger partial charge in [0.1, 0.15) is 0 Å². The smallest absolute Gasteiger partial charge is 0.222 e. The molecule has 0 spiro atoms. The van der Waals surface area contributed by atoms with E-state index in [4.69, 9.17) is 5.73 Å². The SMILES string of the molecule is Cc1ncc(CN(C)C(=O)CCCCCCN)s1.Cl.Cl. The molecule has 0 bridgehead atoms. The van der Waals surface area contributed by atoms with Crippen molar-refractivity contribution in [2.24, 2.45) is 5.73 Å². The Bertz CT molecular complexity index is 374. The lowest BCUT2D eigenvalue weighted by Gasteiger charge is -2.15. The van der Waals surface area contributed by atoms with Crippen molar-refractivity contribution >= 4 is 42.1 Å². The molecule has 1 aromatic rings. The number of halogens is 2. The number of hydrogen-bond acceptors (Lipinski definition) is 4. The molecule has 1 rings (SSSR count). The molecular formula is C13H25Cl2N3OS. The first kappa shape index (κ1) is 21.9. The Morgan fingerprint density at radius 2 is 1.95 bits per heavy atom. The van der Waals surface area contributed by atoms with Gasteiger partial charge < -0.3 is 10.6 Å². The fraction of sp³-hybridized carbons (Fsp3) is 0.692. The second-order valence-corrected chi connectivity index (χ2v) is 5.87. The summed E-state index contributed by atoms with van der Waals surface area (Å²) in [5.74, 6) is 0.216. The van der Waals surface area contributed by atoms with Crippen LogP contribution in [0.2, 0.25) is 0 Å². The number of rotatable bonds is 8. The number of carbonyl (C=O) groups excluding carboxylic acids is 1. The maximum atomic E-state index is 11.9. The molecule has 0 aliphatic rings. The molecule has 118 valence electrons. The molecule has 0 radical (unpaired) electrons. The number of unbranched alkanes of at least 4 members (excludes halogenated alkanes) is 3. The minimum atomic E-state index is 0.